The Hall–Kier alpha value is -3.47. The van der Waals surface area contributed by atoms with Gasteiger partial charge in [0.2, 0.25) is 21.8 Å². The highest BCUT2D eigenvalue weighted by molar-refractivity contribution is 7.92. The summed E-state index contributed by atoms with van der Waals surface area (Å²) in [5.74, 6) is 0.952. The number of fused-ring (bicyclic) bond motifs is 1. The van der Waals surface area contributed by atoms with E-state index in [9.17, 15) is 18.0 Å². The van der Waals surface area contributed by atoms with Crippen molar-refractivity contribution in [1.29, 1.82) is 0 Å². The van der Waals surface area contributed by atoms with Crippen LogP contribution >= 0.6 is 0 Å². The number of hydrogen-bond acceptors (Lipinski definition) is 7. The number of carbonyl (C=O) groups excluding carboxylic acids is 2. The second-order valence-corrected chi connectivity index (χ2v) is 11.4. The first-order chi connectivity index (χ1) is 18.0. The van der Waals surface area contributed by atoms with Gasteiger partial charge in [0.15, 0.2) is 11.5 Å². The molecule has 0 aromatic heterocycles. The van der Waals surface area contributed by atoms with Gasteiger partial charge in [-0.1, -0.05) is 32.9 Å². The lowest BCUT2D eigenvalue weighted by Gasteiger charge is -2.33. The van der Waals surface area contributed by atoms with E-state index >= 15 is 0 Å². The Balaban J connectivity index is 1.95. The van der Waals surface area contributed by atoms with Crippen LogP contribution in [0.25, 0.3) is 0 Å². The van der Waals surface area contributed by atoms with Gasteiger partial charge in [-0.15, -0.1) is 0 Å². The first kappa shape index (κ1) is 29.1. The van der Waals surface area contributed by atoms with Crippen LogP contribution in [0.1, 0.15) is 32.8 Å². The van der Waals surface area contributed by atoms with Crippen molar-refractivity contribution < 1.29 is 32.2 Å². The largest absolute Gasteiger partial charge is 0.497 e. The van der Waals surface area contributed by atoms with E-state index in [1.54, 1.807) is 43.5 Å². The number of nitrogens with one attached hydrogen (secondary N) is 1. The number of amides is 2. The van der Waals surface area contributed by atoms with Crippen LogP contribution in [0.5, 0.6) is 17.2 Å². The lowest BCUT2D eigenvalue weighted by Crippen LogP contribution is -2.52. The van der Waals surface area contributed by atoms with Crippen LogP contribution in [0, 0.1) is 5.92 Å². The van der Waals surface area contributed by atoms with Crippen molar-refractivity contribution in [1.82, 2.24) is 10.2 Å². The summed E-state index contributed by atoms with van der Waals surface area (Å²) < 4.78 is 43.2. The molecule has 1 aliphatic rings. The molecular formula is C27H37N3O7S. The average molecular weight is 548 g/mol. The van der Waals surface area contributed by atoms with E-state index in [2.05, 4.69) is 5.32 Å². The fourth-order valence-corrected chi connectivity index (χ4v) is 4.95. The van der Waals surface area contributed by atoms with Gasteiger partial charge in [0, 0.05) is 19.2 Å². The van der Waals surface area contributed by atoms with Crippen molar-refractivity contribution in [3.63, 3.8) is 0 Å². The molecule has 0 aliphatic carbocycles. The summed E-state index contributed by atoms with van der Waals surface area (Å²) in [6.45, 7) is 6.60. The van der Waals surface area contributed by atoms with Crippen LogP contribution in [-0.2, 0) is 26.2 Å². The van der Waals surface area contributed by atoms with Crippen molar-refractivity contribution in [2.45, 2.75) is 39.8 Å². The molecule has 1 heterocycles. The van der Waals surface area contributed by atoms with E-state index in [0.29, 0.717) is 43.4 Å². The first-order valence-electron chi connectivity index (χ1n) is 12.6. The number of anilines is 1. The monoisotopic (exact) mass is 547 g/mol. The quantitative estimate of drug-likeness (QED) is 0.435. The molecule has 2 aromatic carbocycles. The number of methoxy groups -OCH3 is 1. The number of rotatable bonds is 12. The fraction of sp³-hybridized carbons (Fsp3) is 0.481. The Labute approximate surface area is 224 Å². The molecule has 2 amide bonds. The maximum absolute atomic E-state index is 13.8. The molecule has 38 heavy (non-hydrogen) atoms. The SMILES string of the molecule is CC[C@H](C(=O)NCC(C)C)N(Cc1cccc(OC)c1)C(=O)CN(c1ccc2c(c1)OCCO2)S(C)(=O)=O. The van der Waals surface area contributed by atoms with E-state index < -0.39 is 28.5 Å². The molecule has 0 bridgehead atoms. The summed E-state index contributed by atoms with van der Waals surface area (Å²) in [4.78, 5) is 28.4. The molecule has 208 valence electrons. The maximum atomic E-state index is 13.8. The first-order valence-corrected chi connectivity index (χ1v) is 14.5. The number of benzene rings is 2. The lowest BCUT2D eigenvalue weighted by molar-refractivity contribution is -0.140. The second-order valence-electron chi connectivity index (χ2n) is 9.53. The van der Waals surface area contributed by atoms with Crippen molar-refractivity contribution in [2.24, 2.45) is 5.92 Å². The molecule has 0 fully saturated rings. The predicted octanol–water partition coefficient (Wildman–Crippen LogP) is 2.81. The Bertz CT molecular complexity index is 1230. The highest BCUT2D eigenvalue weighted by Gasteiger charge is 2.32. The van der Waals surface area contributed by atoms with Crippen molar-refractivity contribution in [2.75, 3.05) is 44.0 Å². The summed E-state index contributed by atoms with van der Waals surface area (Å²) in [5, 5.41) is 2.91. The third kappa shape index (κ3) is 7.53. The fourth-order valence-electron chi connectivity index (χ4n) is 4.11. The molecule has 0 saturated heterocycles. The molecule has 11 heteroatoms. The molecule has 1 atom stereocenters. The molecular weight excluding hydrogens is 510 g/mol. The van der Waals surface area contributed by atoms with Gasteiger partial charge in [-0.25, -0.2) is 8.42 Å². The van der Waals surface area contributed by atoms with Crippen molar-refractivity contribution >= 4 is 27.5 Å². The summed E-state index contributed by atoms with van der Waals surface area (Å²) in [5.41, 5.74) is 1.02. The third-order valence-corrected chi connectivity index (χ3v) is 7.19. The van der Waals surface area contributed by atoms with Crippen LogP contribution in [-0.4, -0.2) is 70.8 Å². The smallest absolute Gasteiger partial charge is 0.244 e. The number of nitrogens with zero attached hydrogens (tertiary/aromatic N) is 2. The maximum Gasteiger partial charge on any atom is 0.244 e. The summed E-state index contributed by atoms with van der Waals surface area (Å²) in [6.07, 6.45) is 1.39. The minimum Gasteiger partial charge on any atom is -0.497 e. The highest BCUT2D eigenvalue weighted by Crippen LogP contribution is 2.34. The predicted molar refractivity (Wildman–Crippen MR) is 145 cm³/mol. The lowest BCUT2D eigenvalue weighted by atomic mass is 10.1. The van der Waals surface area contributed by atoms with Crippen LogP contribution < -0.4 is 23.8 Å². The van der Waals surface area contributed by atoms with Gasteiger partial charge in [0.1, 0.15) is 31.5 Å². The van der Waals surface area contributed by atoms with Gasteiger partial charge in [-0.2, -0.15) is 0 Å². The molecule has 0 radical (unpaired) electrons. The Kier molecular flexibility index (Phi) is 9.84. The zero-order valence-electron chi connectivity index (χ0n) is 22.6. The molecule has 1 N–H and O–H groups in total. The summed E-state index contributed by atoms with van der Waals surface area (Å²) >= 11 is 0. The molecule has 2 aromatic rings. The molecule has 1 aliphatic heterocycles. The summed E-state index contributed by atoms with van der Waals surface area (Å²) in [6, 6.07) is 11.1. The highest BCUT2D eigenvalue weighted by atomic mass is 32.2. The zero-order chi connectivity index (χ0) is 27.9. The van der Waals surface area contributed by atoms with Crippen molar-refractivity contribution in [3.05, 3.63) is 48.0 Å². The number of ether oxygens (including phenoxy) is 3. The van der Waals surface area contributed by atoms with Gasteiger partial charge in [-0.3, -0.25) is 13.9 Å². The van der Waals surface area contributed by atoms with E-state index in [-0.39, 0.29) is 24.1 Å². The number of hydrogen-bond donors (Lipinski definition) is 1. The van der Waals surface area contributed by atoms with E-state index in [1.807, 2.05) is 26.8 Å². The van der Waals surface area contributed by atoms with Gasteiger partial charge in [-0.05, 0) is 42.2 Å². The molecule has 0 unspecified atom stereocenters. The normalized spacial score (nSPS) is 13.5. The van der Waals surface area contributed by atoms with Gasteiger partial charge in [0.25, 0.3) is 0 Å². The number of carbonyl (C=O) groups is 2. The number of sulfonamides is 1. The van der Waals surface area contributed by atoms with Crippen LogP contribution in [0.15, 0.2) is 42.5 Å². The molecule has 10 nitrogen and oxygen atoms in total. The van der Waals surface area contributed by atoms with E-state index in [4.69, 9.17) is 14.2 Å². The van der Waals surface area contributed by atoms with Crippen LogP contribution in [0.3, 0.4) is 0 Å². The average Bonchev–Trinajstić information content (AvgIpc) is 2.89. The van der Waals surface area contributed by atoms with Crippen LogP contribution in [0.2, 0.25) is 0 Å². The Morgan fingerprint density at radius 2 is 1.79 bits per heavy atom. The zero-order valence-corrected chi connectivity index (χ0v) is 23.4. The second kappa shape index (κ2) is 12.9. The molecule has 0 saturated carbocycles. The van der Waals surface area contributed by atoms with Gasteiger partial charge >= 0.3 is 0 Å². The van der Waals surface area contributed by atoms with E-state index in [0.717, 1.165) is 16.1 Å². The van der Waals surface area contributed by atoms with E-state index in [1.165, 1.54) is 4.90 Å². The minimum absolute atomic E-state index is 0.0996. The van der Waals surface area contributed by atoms with Crippen LogP contribution in [0.4, 0.5) is 5.69 Å². The van der Waals surface area contributed by atoms with Gasteiger partial charge < -0.3 is 24.4 Å². The van der Waals surface area contributed by atoms with Crippen molar-refractivity contribution in [3.8, 4) is 17.2 Å². The Morgan fingerprint density at radius 3 is 2.42 bits per heavy atom. The minimum atomic E-state index is -3.86. The topological polar surface area (TPSA) is 114 Å². The Morgan fingerprint density at radius 1 is 1.08 bits per heavy atom. The molecule has 3 rings (SSSR count). The third-order valence-electron chi connectivity index (χ3n) is 6.05. The van der Waals surface area contributed by atoms with Gasteiger partial charge in [0.05, 0.1) is 19.1 Å². The standard InChI is InChI=1S/C27H37N3O7S/c1-6-23(27(32)28-16-19(2)3)29(17-20-8-7-9-22(14-20)35-4)26(31)18-30(38(5,33)34)21-10-11-24-25(15-21)37-13-12-36-24/h7-11,14-15,19,23H,6,12-13,16-18H2,1-5H3,(H,28,32)/t23-/m1/s1. The summed E-state index contributed by atoms with van der Waals surface area (Å²) in [7, 11) is -2.31. The molecule has 0 spiro atoms.